The van der Waals surface area contributed by atoms with Gasteiger partial charge < -0.3 is 74.7 Å². The van der Waals surface area contributed by atoms with E-state index in [1.165, 1.54) is 54.6 Å². The van der Waals surface area contributed by atoms with Crippen molar-refractivity contribution in [2.24, 2.45) is 0 Å². The van der Waals surface area contributed by atoms with Crippen LogP contribution in [0.3, 0.4) is 0 Å². The maximum Gasteiger partial charge on any atom is 0.402 e. The Labute approximate surface area is 299 Å². The largest absolute Gasteiger partial charge is 0.508 e. The van der Waals surface area contributed by atoms with Crippen molar-refractivity contribution in [1.82, 2.24) is 0 Å². The second-order valence-corrected chi connectivity index (χ2v) is 12.3. The fraction of sp³-hybridized carbons (Fsp3) is 0.333. The first kappa shape index (κ1) is 37.7. The predicted molar refractivity (Wildman–Crippen MR) is 179 cm³/mol. The highest BCUT2D eigenvalue weighted by atomic mass is 16.7. The van der Waals surface area contributed by atoms with E-state index in [1.54, 1.807) is 12.1 Å². The molecule has 1 aromatic heterocycles. The van der Waals surface area contributed by atoms with Crippen LogP contribution in [0.25, 0.3) is 28.4 Å². The molecule has 0 radical (unpaired) electrons. The van der Waals surface area contributed by atoms with E-state index in [-0.39, 0.29) is 45.5 Å². The molecular weight excluding hydrogens is 704 g/mol. The molecule has 10 atom stereocenters. The third-order valence-electron chi connectivity index (χ3n) is 8.63. The number of aliphatic hydroxyl groups excluding tert-OH is 7. The van der Waals surface area contributed by atoms with Crippen LogP contribution >= 0.6 is 0 Å². The lowest BCUT2D eigenvalue weighted by molar-refractivity contribution is -0.278. The van der Waals surface area contributed by atoms with Crippen LogP contribution in [0.2, 0.25) is 0 Å². The normalized spacial score (nSPS) is 28.9. The number of ether oxygens (including phenoxy) is 5. The molecule has 17 heteroatoms. The highest BCUT2D eigenvalue weighted by Crippen LogP contribution is 2.42. The zero-order valence-electron chi connectivity index (χ0n) is 27.5. The third-order valence-corrected chi connectivity index (χ3v) is 8.63. The first-order valence-corrected chi connectivity index (χ1v) is 16.2. The van der Waals surface area contributed by atoms with Crippen LogP contribution in [-0.2, 0) is 19.0 Å². The van der Waals surface area contributed by atoms with Crippen LogP contribution in [-0.4, -0.2) is 132 Å². The molecule has 282 valence electrons. The Hall–Kier alpha value is -5.08. The van der Waals surface area contributed by atoms with E-state index in [4.69, 9.17) is 28.1 Å². The SMILES string of the molecule is O=C(/C=C/c1ccc(O)cc1)OC[C@H]1O[C@@H](Oc2cc(O)cc3[o+]c(-c4ccc(O)cc4)c(O[C@@H]4O[C@H](CO)[C@@H](O)[C@H](O)[C@H]4O)cc23)[C@H](O)[C@@H](O)[C@@H]1O. The Balaban J connectivity index is 1.28. The van der Waals surface area contributed by atoms with Crippen LogP contribution in [0.5, 0.6) is 28.7 Å². The summed E-state index contributed by atoms with van der Waals surface area (Å²) in [6.45, 7) is -1.30. The minimum absolute atomic E-state index is 0.0268. The molecular formula is C36H37O17+. The smallest absolute Gasteiger partial charge is 0.402 e. The van der Waals surface area contributed by atoms with Gasteiger partial charge in [0.05, 0.1) is 18.2 Å². The summed E-state index contributed by atoms with van der Waals surface area (Å²) in [5.74, 6) is -1.64. The van der Waals surface area contributed by atoms with Crippen molar-refractivity contribution >= 4 is 23.0 Å². The number of hydrogen-bond acceptors (Lipinski definition) is 16. The molecule has 0 amide bonds. The topological polar surface area (TPSA) is 277 Å². The van der Waals surface area contributed by atoms with Crippen molar-refractivity contribution in [3.63, 3.8) is 0 Å². The molecule has 0 bridgehead atoms. The van der Waals surface area contributed by atoms with E-state index in [2.05, 4.69) is 0 Å². The monoisotopic (exact) mass is 741 g/mol. The molecule has 3 aromatic carbocycles. The summed E-state index contributed by atoms with van der Waals surface area (Å²) in [5.41, 5.74) is 0.886. The van der Waals surface area contributed by atoms with Gasteiger partial charge >= 0.3 is 17.3 Å². The zero-order chi connectivity index (χ0) is 38.0. The van der Waals surface area contributed by atoms with Gasteiger partial charge in [-0.15, -0.1) is 0 Å². The van der Waals surface area contributed by atoms with Crippen molar-refractivity contribution in [2.75, 3.05) is 13.2 Å². The number of carbonyl (C=O) groups excluding carboxylic acids is 1. The lowest BCUT2D eigenvalue weighted by atomic mass is 9.99. The number of aliphatic hydroxyl groups is 7. The van der Waals surface area contributed by atoms with Crippen LogP contribution < -0.4 is 9.47 Å². The van der Waals surface area contributed by atoms with E-state index in [0.29, 0.717) is 11.1 Å². The maximum absolute atomic E-state index is 12.4. The van der Waals surface area contributed by atoms with E-state index in [0.717, 1.165) is 12.1 Å². The summed E-state index contributed by atoms with van der Waals surface area (Å²) < 4.78 is 34.4. The molecule has 2 aliphatic rings. The average Bonchev–Trinajstić information content (AvgIpc) is 3.14. The standard InChI is InChI=1S/C36H36O17/c37-14-25-28(42)30(44)32(46)36(52-25)51-24-13-21-22(49-34(24)17-4-8-19(39)9-5-17)11-20(40)12-23(21)50-35-33(47)31(45)29(43)26(53-35)15-48-27(41)10-3-16-1-6-18(38)7-2-16/h1-13,25-26,28-33,35-37,42-47H,14-15H2,(H2-,38,39,40,41)/p+1/t25-,26-,28-,29-,30+,31+,32-,33-,35-,36-/m1/s1. The van der Waals surface area contributed by atoms with Crippen molar-refractivity contribution < 1.29 is 84.0 Å². The lowest BCUT2D eigenvalue weighted by Crippen LogP contribution is -2.60. The minimum Gasteiger partial charge on any atom is -0.508 e. The van der Waals surface area contributed by atoms with Gasteiger partial charge in [0.1, 0.15) is 83.8 Å². The highest BCUT2D eigenvalue weighted by molar-refractivity contribution is 5.89. The fourth-order valence-corrected chi connectivity index (χ4v) is 5.70. The lowest BCUT2D eigenvalue weighted by Gasteiger charge is -2.40. The van der Waals surface area contributed by atoms with Crippen LogP contribution in [0.1, 0.15) is 5.56 Å². The Morgan fingerprint density at radius 1 is 0.679 bits per heavy atom. The van der Waals surface area contributed by atoms with Crippen LogP contribution in [0.4, 0.5) is 0 Å². The second-order valence-electron chi connectivity index (χ2n) is 12.3. The van der Waals surface area contributed by atoms with Crippen molar-refractivity contribution in [2.45, 2.75) is 61.4 Å². The number of carbonyl (C=O) groups is 1. The number of benzene rings is 3. The number of rotatable bonds is 10. The quantitative estimate of drug-likeness (QED) is 0.0587. The van der Waals surface area contributed by atoms with Gasteiger partial charge in [-0.05, 0) is 48.0 Å². The van der Waals surface area contributed by atoms with Gasteiger partial charge in [0.25, 0.3) is 0 Å². The Kier molecular flexibility index (Phi) is 11.3. The van der Waals surface area contributed by atoms with E-state index in [1.807, 2.05) is 0 Å². The summed E-state index contributed by atoms with van der Waals surface area (Å²) in [4.78, 5) is 12.4. The molecule has 6 rings (SSSR count). The Bertz CT molecular complexity index is 1910. The van der Waals surface area contributed by atoms with Gasteiger partial charge in [-0.3, -0.25) is 0 Å². The first-order chi connectivity index (χ1) is 25.3. The summed E-state index contributed by atoms with van der Waals surface area (Å²) in [6.07, 6.45) is -14.2. The molecule has 10 N–H and O–H groups in total. The second kappa shape index (κ2) is 15.9. The van der Waals surface area contributed by atoms with Crippen molar-refractivity contribution in [1.29, 1.82) is 0 Å². The van der Waals surface area contributed by atoms with E-state index in [9.17, 15) is 55.9 Å². The zero-order valence-corrected chi connectivity index (χ0v) is 27.5. The van der Waals surface area contributed by atoms with Gasteiger partial charge in [0.15, 0.2) is 0 Å². The van der Waals surface area contributed by atoms with Gasteiger partial charge in [-0.2, -0.15) is 0 Å². The number of phenolic OH excluding ortho intramolecular Hbond substituents is 3. The third kappa shape index (κ3) is 8.28. The maximum atomic E-state index is 12.4. The first-order valence-electron chi connectivity index (χ1n) is 16.2. The molecule has 4 aromatic rings. The van der Waals surface area contributed by atoms with Gasteiger partial charge in [-0.25, -0.2) is 9.21 Å². The summed E-state index contributed by atoms with van der Waals surface area (Å²) >= 11 is 0. The Morgan fingerprint density at radius 3 is 1.87 bits per heavy atom. The molecule has 2 saturated heterocycles. The van der Waals surface area contributed by atoms with Crippen molar-refractivity contribution in [3.8, 4) is 40.1 Å². The molecule has 53 heavy (non-hydrogen) atoms. The predicted octanol–water partition coefficient (Wildman–Crippen LogP) is 0.119. The summed E-state index contributed by atoms with van der Waals surface area (Å²) in [5, 5.41) is 103. The molecule has 2 fully saturated rings. The number of phenols is 3. The molecule has 2 aliphatic heterocycles. The van der Waals surface area contributed by atoms with E-state index >= 15 is 0 Å². The fourth-order valence-electron chi connectivity index (χ4n) is 5.70. The van der Waals surface area contributed by atoms with Crippen LogP contribution in [0, 0.1) is 0 Å². The average molecular weight is 742 g/mol. The highest BCUT2D eigenvalue weighted by Gasteiger charge is 2.47. The van der Waals surface area contributed by atoms with Gasteiger partial charge in [0, 0.05) is 18.2 Å². The molecule has 17 nitrogen and oxygen atoms in total. The minimum atomic E-state index is -1.86. The number of aromatic hydroxyl groups is 3. The number of hydrogen-bond donors (Lipinski definition) is 10. The molecule has 0 aliphatic carbocycles. The molecule has 0 unspecified atom stereocenters. The Morgan fingerprint density at radius 2 is 1.25 bits per heavy atom. The molecule has 0 spiro atoms. The molecule has 3 heterocycles. The van der Waals surface area contributed by atoms with E-state index < -0.39 is 80.6 Å². The van der Waals surface area contributed by atoms with Crippen LogP contribution in [0.15, 0.2) is 77.2 Å². The summed E-state index contributed by atoms with van der Waals surface area (Å²) in [6, 6.07) is 15.3. The number of esters is 1. The summed E-state index contributed by atoms with van der Waals surface area (Å²) in [7, 11) is 0. The number of fused-ring (bicyclic) bond motifs is 1. The molecule has 0 saturated carbocycles. The van der Waals surface area contributed by atoms with Gasteiger partial charge in [0.2, 0.25) is 18.3 Å². The van der Waals surface area contributed by atoms with Gasteiger partial charge in [-0.1, -0.05) is 12.1 Å². The van der Waals surface area contributed by atoms with Crippen molar-refractivity contribution in [3.05, 3.63) is 78.4 Å².